The number of nitrogens with one attached hydrogen (secondary N) is 1. The lowest BCUT2D eigenvalue weighted by Crippen LogP contribution is -2.34. The Balaban J connectivity index is 1.76. The fourth-order valence-electron chi connectivity index (χ4n) is 3.89. The quantitative estimate of drug-likeness (QED) is 0.308. The van der Waals surface area contributed by atoms with E-state index >= 15 is 0 Å². The zero-order chi connectivity index (χ0) is 27.1. The third-order valence-electron chi connectivity index (χ3n) is 5.66. The molecule has 0 aliphatic heterocycles. The van der Waals surface area contributed by atoms with Gasteiger partial charge in [0.05, 0.1) is 26.1 Å². The van der Waals surface area contributed by atoms with E-state index < -0.39 is 16.9 Å². The summed E-state index contributed by atoms with van der Waals surface area (Å²) >= 11 is 0. The fraction of sp³-hybridized carbons (Fsp3) is 0.259. The predicted molar refractivity (Wildman–Crippen MR) is 144 cm³/mol. The topological polar surface area (TPSA) is 117 Å². The summed E-state index contributed by atoms with van der Waals surface area (Å²) in [7, 11) is 1.33. The molecule has 1 N–H and O–H groups in total. The monoisotopic (exact) mass is 535 g/mol. The van der Waals surface area contributed by atoms with E-state index in [1.807, 2.05) is 44.2 Å². The summed E-state index contributed by atoms with van der Waals surface area (Å²) in [5.74, 6) is 0.705. The molecule has 0 saturated carbocycles. The highest BCUT2D eigenvalue weighted by Gasteiger charge is 2.28. The number of hydrogen-bond acceptors (Lipinski definition) is 8. The molecular formula is C27H29N5O5S. The number of rotatable bonds is 11. The molecule has 0 spiro atoms. The van der Waals surface area contributed by atoms with Gasteiger partial charge in [0, 0.05) is 6.07 Å². The Labute approximate surface area is 223 Å². The predicted octanol–water partition coefficient (Wildman–Crippen LogP) is 3.77. The van der Waals surface area contributed by atoms with Crippen LogP contribution in [0, 0.1) is 0 Å². The first-order valence-electron chi connectivity index (χ1n) is 12.0. The zero-order valence-corrected chi connectivity index (χ0v) is 22.4. The van der Waals surface area contributed by atoms with Gasteiger partial charge in [-0.3, -0.25) is 14.1 Å². The van der Waals surface area contributed by atoms with Crippen LogP contribution in [-0.4, -0.2) is 55.9 Å². The van der Waals surface area contributed by atoms with Crippen molar-refractivity contribution in [2.75, 3.05) is 20.8 Å². The molecule has 38 heavy (non-hydrogen) atoms. The molecule has 2 unspecified atom stereocenters. The summed E-state index contributed by atoms with van der Waals surface area (Å²) in [5.41, 5.74) is 1.83. The molecule has 4 rings (SSSR count). The summed E-state index contributed by atoms with van der Waals surface area (Å²) < 4.78 is 33.9. The Bertz CT molecular complexity index is 1400. The normalized spacial score (nSPS) is 12.4. The van der Waals surface area contributed by atoms with Crippen LogP contribution in [-0.2, 0) is 17.4 Å². The molecule has 11 heteroatoms. The van der Waals surface area contributed by atoms with Crippen molar-refractivity contribution in [1.29, 1.82) is 0 Å². The number of methoxy groups -OCH3 is 2. The number of carbonyl (C=O) groups excluding carboxylic acids is 1. The average Bonchev–Trinajstić information content (AvgIpc) is 3.38. The Morgan fingerprint density at radius 1 is 0.974 bits per heavy atom. The molecule has 2 aromatic heterocycles. The molecule has 0 bridgehead atoms. The number of amides is 1. The van der Waals surface area contributed by atoms with Crippen LogP contribution in [0.15, 0.2) is 66.7 Å². The molecule has 2 heterocycles. The third kappa shape index (κ3) is 5.83. The average molecular weight is 536 g/mol. The van der Waals surface area contributed by atoms with Crippen molar-refractivity contribution < 1.29 is 23.2 Å². The fourth-order valence-corrected chi connectivity index (χ4v) is 4.71. The Morgan fingerprint density at radius 2 is 1.66 bits per heavy atom. The van der Waals surface area contributed by atoms with Crippen molar-refractivity contribution in [2.24, 2.45) is 0 Å². The number of hydrogen-bond donors (Lipinski definition) is 1. The van der Waals surface area contributed by atoms with Gasteiger partial charge in [0.25, 0.3) is 0 Å². The number of pyridine rings is 1. The van der Waals surface area contributed by atoms with Gasteiger partial charge in [-0.05, 0) is 44.0 Å². The summed E-state index contributed by atoms with van der Waals surface area (Å²) in [6.07, 6.45) is 0.528. The molecule has 0 aliphatic carbocycles. The second-order valence-corrected chi connectivity index (χ2v) is 9.82. The van der Waals surface area contributed by atoms with Crippen molar-refractivity contribution in [1.82, 2.24) is 24.5 Å². The summed E-state index contributed by atoms with van der Waals surface area (Å²) in [4.78, 5) is 18.0. The molecule has 2 atom stereocenters. The first kappa shape index (κ1) is 26.8. The molecule has 0 fully saturated rings. The van der Waals surface area contributed by atoms with Crippen LogP contribution in [0.1, 0.15) is 30.0 Å². The molecule has 4 aromatic rings. The number of aromatic nitrogens is 4. The molecule has 0 aliphatic rings. The van der Waals surface area contributed by atoms with Crippen LogP contribution < -0.4 is 18.9 Å². The zero-order valence-electron chi connectivity index (χ0n) is 21.6. The van der Waals surface area contributed by atoms with Crippen molar-refractivity contribution in [2.45, 2.75) is 25.5 Å². The number of carbonyl (C=O) groups is 1. The highest BCUT2D eigenvalue weighted by Crippen LogP contribution is 2.36. The van der Waals surface area contributed by atoms with E-state index in [0.717, 1.165) is 5.56 Å². The van der Waals surface area contributed by atoms with Gasteiger partial charge < -0.3 is 14.2 Å². The van der Waals surface area contributed by atoms with E-state index in [1.165, 1.54) is 18.8 Å². The van der Waals surface area contributed by atoms with E-state index in [2.05, 4.69) is 19.9 Å². The number of benzene rings is 2. The number of para-hydroxylation sites is 1. The second-order valence-electron chi connectivity index (χ2n) is 8.22. The van der Waals surface area contributed by atoms with Gasteiger partial charge in [0.2, 0.25) is 11.7 Å². The summed E-state index contributed by atoms with van der Waals surface area (Å²) in [5, 5.41) is 8.10. The van der Waals surface area contributed by atoms with Crippen molar-refractivity contribution in [3.63, 3.8) is 0 Å². The van der Waals surface area contributed by atoms with Crippen molar-refractivity contribution >= 4 is 16.9 Å². The molecule has 1 amide bonds. The van der Waals surface area contributed by atoms with Crippen LogP contribution in [0.25, 0.3) is 17.2 Å². The van der Waals surface area contributed by atoms with Crippen LogP contribution in [0.2, 0.25) is 0 Å². The molecule has 10 nitrogen and oxygen atoms in total. The minimum Gasteiger partial charge on any atom is -0.494 e. The van der Waals surface area contributed by atoms with Gasteiger partial charge in [-0.1, -0.05) is 42.5 Å². The first-order valence-corrected chi connectivity index (χ1v) is 13.2. The largest absolute Gasteiger partial charge is 0.494 e. The lowest BCUT2D eigenvalue weighted by atomic mass is 10.1. The number of nitrogens with zero attached hydrogens (tertiary/aromatic N) is 4. The second kappa shape index (κ2) is 12.3. The van der Waals surface area contributed by atoms with Crippen LogP contribution >= 0.6 is 0 Å². The van der Waals surface area contributed by atoms with E-state index in [9.17, 15) is 9.00 Å². The third-order valence-corrected chi connectivity index (χ3v) is 6.95. The molecule has 0 saturated heterocycles. The minimum absolute atomic E-state index is 0.105. The smallest absolute Gasteiger partial charge is 0.301 e. The highest BCUT2D eigenvalue weighted by molar-refractivity contribution is 7.84. The standard InChI is InChI=1S/C27H29N5O5S/c1-5-37-23-16-9-13-20(28-23)25-29-30-26(32(25)24-21(35-3)14-10-15-22(24)36-4)27(33)31-38(34)18(2)17-19-11-7-6-8-12-19/h6-16,18H,5,17H2,1-4H3,(H,31,33). The van der Waals surface area contributed by atoms with Gasteiger partial charge in [0.1, 0.15) is 33.9 Å². The maximum absolute atomic E-state index is 13.5. The van der Waals surface area contributed by atoms with Gasteiger partial charge in [-0.15, -0.1) is 10.2 Å². The Kier molecular flexibility index (Phi) is 8.70. The van der Waals surface area contributed by atoms with Crippen molar-refractivity contribution in [3.8, 4) is 34.6 Å². The molecular weight excluding hydrogens is 506 g/mol. The van der Waals surface area contributed by atoms with Crippen LogP contribution in [0.5, 0.6) is 17.4 Å². The lowest BCUT2D eigenvalue weighted by molar-refractivity contribution is 0.0970. The van der Waals surface area contributed by atoms with Crippen LogP contribution in [0.4, 0.5) is 0 Å². The summed E-state index contributed by atoms with van der Waals surface area (Å²) in [6, 6.07) is 20.1. The maximum atomic E-state index is 13.5. The summed E-state index contributed by atoms with van der Waals surface area (Å²) in [6.45, 7) is 4.11. The lowest BCUT2D eigenvalue weighted by Gasteiger charge is -2.17. The molecule has 2 aromatic carbocycles. The van der Waals surface area contributed by atoms with Gasteiger partial charge in [0.15, 0.2) is 5.82 Å². The van der Waals surface area contributed by atoms with Crippen LogP contribution in [0.3, 0.4) is 0 Å². The SMILES string of the molecule is CCOc1cccc(-c2nnc(C(=O)NS(=O)C(C)Cc3ccccc3)n2-c2c(OC)cccc2OC)n1. The van der Waals surface area contributed by atoms with E-state index in [0.29, 0.717) is 41.8 Å². The Hall–Kier alpha value is -4.25. The van der Waals surface area contributed by atoms with E-state index in [1.54, 1.807) is 36.4 Å². The maximum Gasteiger partial charge on any atom is 0.301 e. The van der Waals surface area contributed by atoms with Gasteiger partial charge in [-0.2, -0.15) is 0 Å². The Morgan fingerprint density at radius 3 is 2.32 bits per heavy atom. The number of ether oxygens (including phenoxy) is 3. The van der Waals surface area contributed by atoms with Gasteiger partial charge >= 0.3 is 5.91 Å². The van der Waals surface area contributed by atoms with Crippen molar-refractivity contribution in [3.05, 3.63) is 78.1 Å². The highest BCUT2D eigenvalue weighted by atomic mass is 32.2. The molecule has 0 radical (unpaired) electrons. The van der Waals surface area contributed by atoms with E-state index in [4.69, 9.17) is 14.2 Å². The van der Waals surface area contributed by atoms with E-state index in [-0.39, 0.29) is 16.9 Å². The molecule has 198 valence electrons. The first-order chi connectivity index (χ1) is 18.5. The minimum atomic E-state index is -1.70. The van der Waals surface area contributed by atoms with Gasteiger partial charge in [-0.25, -0.2) is 9.19 Å².